The second-order valence-electron chi connectivity index (χ2n) is 7.15. The molecule has 1 amide bonds. The average molecular weight is 476 g/mol. The predicted molar refractivity (Wildman–Crippen MR) is 121 cm³/mol. The number of nitrogens with one attached hydrogen (secondary N) is 1. The monoisotopic (exact) mass is 475 g/mol. The van der Waals surface area contributed by atoms with Gasteiger partial charge < -0.3 is 24.1 Å². The lowest BCUT2D eigenvalue weighted by Crippen LogP contribution is -2.23. The molecule has 0 aliphatic carbocycles. The number of thioether (sulfide) groups is 1. The molecule has 2 aromatic carbocycles. The van der Waals surface area contributed by atoms with Crippen molar-refractivity contribution < 1.29 is 27.8 Å². The maximum Gasteiger partial charge on any atom is 0.387 e. The van der Waals surface area contributed by atoms with Gasteiger partial charge in [0.2, 0.25) is 5.91 Å². The summed E-state index contributed by atoms with van der Waals surface area (Å²) in [5.41, 5.74) is 2.00. The summed E-state index contributed by atoms with van der Waals surface area (Å²) in [6, 6.07) is 11.8. The zero-order valence-corrected chi connectivity index (χ0v) is 18.9. The molecule has 0 bridgehead atoms. The molecular formula is C23H23F2N3O4S. The molecule has 2 heterocycles. The highest BCUT2D eigenvalue weighted by atomic mass is 32.2. The van der Waals surface area contributed by atoms with E-state index in [1.807, 2.05) is 29.7 Å². The van der Waals surface area contributed by atoms with Gasteiger partial charge in [-0.05, 0) is 44.2 Å². The minimum atomic E-state index is -2.98. The van der Waals surface area contributed by atoms with Gasteiger partial charge in [0.1, 0.15) is 19.0 Å². The Bertz CT molecular complexity index is 1140. The molecule has 0 saturated heterocycles. The molecule has 10 heteroatoms. The van der Waals surface area contributed by atoms with Crippen LogP contribution in [0, 0.1) is 0 Å². The minimum Gasteiger partial charge on any atom is -0.486 e. The van der Waals surface area contributed by atoms with E-state index in [-0.39, 0.29) is 17.3 Å². The Morgan fingerprint density at radius 3 is 2.73 bits per heavy atom. The van der Waals surface area contributed by atoms with Gasteiger partial charge >= 0.3 is 6.61 Å². The molecular weight excluding hydrogens is 452 g/mol. The van der Waals surface area contributed by atoms with Crippen molar-refractivity contribution in [2.45, 2.75) is 37.4 Å². The summed E-state index contributed by atoms with van der Waals surface area (Å²) in [4.78, 5) is 17.3. The second kappa shape index (κ2) is 10.1. The first-order valence-corrected chi connectivity index (χ1v) is 11.3. The lowest BCUT2D eigenvalue weighted by molar-refractivity contribution is -0.115. The zero-order chi connectivity index (χ0) is 23.4. The molecule has 4 rings (SSSR count). The van der Waals surface area contributed by atoms with Crippen molar-refractivity contribution in [2.24, 2.45) is 0 Å². The fourth-order valence-electron chi connectivity index (χ4n) is 3.41. The van der Waals surface area contributed by atoms with Gasteiger partial charge in [-0.1, -0.05) is 23.9 Å². The van der Waals surface area contributed by atoms with Crippen molar-refractivity contribution in [1.82, 2.24) is 9.55 Å². The number of aromatic nitrogens is 2. The molecule has 33 heavy (non-hydrogen) atoms. The predicted octanol–water partition coefficient (Wildman–Crippen LogP) is 5.06. The molecule has 3 aromatic rings. The quantitative estimate of drug-likeness (QED) is 0.459. The summed E-state index contributed by atoms with van der Waals surface area (Å²) >= 11 is 1.28. The van der Waals surface area contributed by atoms with Crippen molar-refractivity contribution in [2.75, 3.05) is 18.5 Å². The Hall–Kier alpha value is -3.27. The van der Waals surface area contributed by atoms with Gasteiger partial charge in [0, 0.05) is 12.1 Å². The minimum absolute atomic E-state index is 0.0889. The van der Waals surface area contributed by atoms with Crippen LogP contribution in [-0.2, 0) is 11.3 Å². The first-order valence-electron chi connectivity index (χ1n) is 10.4. The molecule has 0 spiro atoms. The van der Waals surface area contributed by atoms with Crippen LogP contribution in [0.15, 0.2) is 53.8 Å². The number of carbonyl (C=O) groups excluding carboxylic acids is 1. The van der Waals surface area contributed by atoms with E-state index in [1.165, 1.54) is 23.9 Å². The van der Waals surface area contributed by atoms with Gasteiger partial charge in [-0.2, -0.15) is 8.78 Å². The van der Waals surface area contributed by atoms with E-state index in [2.05, 4.69) is 15.0 Å². The summed E-state index contributed by atoms with van der Waals surface area (Å²) < 4.78 is 43.0. The van der Waals surface area contributed by atoms with Crippen LogP contribution >= 0.6 is 11.8 Å². The lowest BCUT2D eigenvalue weighted by atomic mass is 10.1. The standard InChI is InChI=1S/C23H23F2N3O4S/c1-3-28-17(15-8-9-19-20(12-15)31-11-10-30-19)13-26-23(28)33-14(2)21(29)27-16-6-4-5-7-18(16)32-22(24)25/h4-9,12-14,22H,3,10-11H2,1-2H3,(H,27,29). The van der Waals surface area contributed by atoms with Crippen molar-refractivity contribution in [3.8, 4) is 28.5 Å². The highest BCUT2D eigenvalue weighted by molar-refractivity contribution is 8.00. The number of rotatable bonds is 8. The third-order valence-electron chi connectivity index (χ3n) is 4.99. The van der Waals surface area contributed by atoms with E-state index < -0.39 is 11.9 Å². The van der Waals surface area contributed by atoms with Crippen LogP contribution in [-0.4, -0.2) is 40.5 Å². The van der Waals surface area contributed by atoms with Crippen LogP contribution in [0.4, 0.5) is 14.5 Å². The van der Waals surface area contributed by atoms with Gasteiger partial charge in [0.25, 0.3) is 0 Å². The van der Waals surface area contributed by atoms with Gasteiger partial charge in [-0.25, -0.2) is 4.98 Å². The van der Waals surface area contributed by atoms with Crippen molar-refractivity contribution in [3.05, 3.63) is 48.7 Å². The number of nitrogens with zero attached hydrogens (tertiary/aromatic N) is 2. The van der Waals surface area contributed by atoms with Crippen LogP contribution in [0.5, 0.6) is 17.2 Å². The normalized spacial score (nSPS) is 13.6. The van der Waals surface area contributed by atoms with Crippen LogP contribution < -0.4 is 19.5 Å². The smallest absolute Gasteiger partial charge is 0.387 e. The van der Waals surface area contributed by atoms with E-state index in [4.69, 9.17) is 9.47 Å². The summed E-state index contributed by atoms with van der Waals surface area (Å²) in [7, 11) is 0. The first kappa shape index (κ1) is 22.9. The maximum absolute atomic E-state index is 12.7. The number of halogens is 2. The number of imidazole rings is 1. The molecule has 1 unspecified atom stereocenters. The third-order valence-corrected chi connectivity index (χ3v) is 6.09. The molecule has 0 radical (unpaired) electrons. The van der Waals surface area contributed by atoms with E-state index in [0.29, 0.717) is 36.4 Å². The number of benzene rings is 2. The summed E-state index contributed by atoms with van der Waals surface area (Å²) in [5.74, 6) is 0.962. The Morgan fingerprint density at radius 1 is 1.21 bits per heavy atom. The van der Waals surface area contributed by atoms with E-state index in [1.54, 1.807) is 25.3 Å². The molecule has 0 saturated carbocycles. The number of anilines is 1. The van der Waals surface area contributed by atoms with Crippen LogP contribution in [0.3, 0.4) is 0 Å². The van der Waals surface area contributed by atoms with Crippen molar-refractivity contribution in [1.29, 1.82) is 0 Å². The number of para-hydroxylation sites is 2. The van der Waals surface area contributed by atoms with E-state index >= 15 is 0 Å². The number of alkyl halides is 2. The Labute approximate surface area is 194 Å². The van der Waals surface area contributed by atoms with Crippen LogP contribution in [0.1, 0.15) is 13.8 Å². The molecule has 174 valence electrons. The van der Waals surface area contributed by atoms with Gasteiger partial charge in [0.05, 0.1) is 22.8 Å². The Balaban J connectivity index is 1.49. The van der Waals surface area contributed by atoms with Crippen LogP contribution in [0.2, 0.25) is 0 Å². The number of ether oxygens (including phenoxy) is 3. The zero-order valence-electron chi connectivity index (χ0n) is 18.1. The van der Waals surface area contributed by atoms with Gasteiger partial charge in [-0.3, -0.25) is 4.79 Å². The number of amides is 1. The number of carbonyl (C=O) groups is 1. The number of hydrogen-bond donors (Lipinski definition) is 1. The molecule has 0 fully saturated rings. The Kier molecular flexibility index (Phi) is 7.02. The van der Waals surface area contributed by atoms with Gasteiger partial charge in [0.15, 0.2) is 16.7 Å². The second-order valence-corrected chi connectivity index (χ2v) is 8.46. The maximum atomic E-state index is 12.7. The molecule has 1 aliphatic heterocycles. The fraction of sp³-hybridized carbons (Fsp3) is 0.304. The molecule has 1 N–H and O–H groups in total. The number of hydrogen-bond acceptors (Lipinski definition) is 6. The van der Waals surface area contributed by atoms with E-state index in [0.717, 1.165) is 11.3 Å². The largest absolute Gasteiger partial charge is 0.486 e. The van der Waals surface area contributed by atoms with E-state index in [9.17, 15) is 13.6 Å². The summed E-state index contributed by atoms with van der Waals surface area (Å²) in [5, 5.41) is 2.79. The topological polar surface area (TPSA) is 74.6 Å². The van der Waals surface area contributed by atoms with Crippen molar-refractivity contribution in [3.63, 3.8) is 0 Å². The molecule has 1 atom stereocenters. The SMILES string of the molecule is CCn1c(-c2ccc3c(c2)OCCO3)cnc1SC(C)C(=O)Nc1ccccc1OC(F)F. The summed E-state index contributed by atoms with van der Waals surface area (Å²) in [6.45, 7) is 2.42. The van der Waals surface area contributed by atoms with Crippen molar-refractivity contribution >= 4 is 23.4 Å². The molecule has 7 nitrogen and oxygen atoms in total. The molecule has 1 aromatic heterocycles. The average Bonchev–Trinajstić information content (AvgIpc) is 3.22. The van der Waals surface area contributed by atoms with Crippen LogP contribution in [0.25, 0.3) is 11.3 Å². The highest BCUT2D eigenvalue weighted by Gasteiger charge is 2.22. The third kappa shape index (κ3) is 5.22. The molecule has 1 aliphatic rings. The fourth-order valence-corrected chi connectivity index (χ4v) is 4.36. The summed E-state index contributed by atoms with van der Waals surface area (Å²) in [6.07, 6.45) is 1.76. The Morgan fingerprint density at radius 2 is 1.97 bits per heavy atom. The highest BCUT2D eigenvalue weighted by Crippen LogP contribution is 2.36. The number of fused-ring (bicyclic) bond motifs is 1. The van der Waals surface area contributed by atoms with Gasteiger partial charge in [-0.15, -0.1) is 0 Å². The lowest BCUT2D eigenvalue weighted by Gasteiger charge is -2.19. The first-order chi connectivity index (χ1) is 16.0.